The largest absolute Gasteiger partial charge is 0.337 e. The van der Waals surface area contributed by atoms with Crippen LogP contribution in [0.2, 0.25) is 0 Å². The van der Waals surface area contributed by atoms with Gasteiger partial charge < -0.3 is 14.7 Å². The fraction of sp³-hybridized carbons (Fsp3) is 0.667. The predicted octanol–water partition coefficient (Wildman–Crippen LogP) is -0.0537. The topological polar surface area (TPSA) is 61.7 Å². The predicted molar refractivity (Wildman–Crippen MR) is 80.7 cm³/mol. The number of hydrogen-bond donors (Lipinski definition) is 0. The number of fused-ring (bicyclic) bond motifs is 1. The summed E-state index contributed by atoms with van der Waals surface area (Å²) in [6.45, 7) is 3.01. The molecule has 1 aromatic rings. The summed E-state index contributed by atoms with van der Waals surface area (Å²) in [4.78, 5) is 29.6. The van der Waals surface area contributed by atoms with Crippen molar-refractivity contribution in [2.45, 2.75) is 32.5 Å². The SMILES string of the molecule is CN(C)CC(=O)N1Cc2c(CN3CCCC3=O)nn(C)c2C1. The Balaban J connectivity index is 1.74. The molecule has 0 radical (unpaired) electrons. The first kappa shape index (κ1) is 15.0. The van der Waals surface area contributed by atoms with E-state index in [1.807, 2.05) is 40.5 Å². The number of nitrogens with zero attached hydrogens (tertiary/aromatic N) is 5. The summed E-state index contributed by atoms with van der Waals surface area (Å²) in [6, 6.07) is 0. The number of amides is 2. The Kier molecular flexibility index (Phi) is 3.90. The van der Waals surface area contributed by atoms with E-state index < -0.39 is 0 Å². The number of hydrogen-bond acceptors (Lipinski definition) is 4. The van der Waals surface area contributed by atoms with Crippen LogP contribution < -0.4 is 0 Å². The van der Waals surface area contributed by atoms with Gasteiger partial charge in [0.25, 0.3) is 0 Å². The zero-order valence-corrected chi connectivity index (χ0v) is 13.5. The van der Waals surface area contributed by atoms with Crippen molar-refractivity contribution in [2.75, 3.05) is 27.2 Å². The third-order valence-corrected chi connectivity index (χ3v) is 4.36. The molecule has 0 unspecified atom stereocenters. The second-order valence-electron chi connectivity index (χ2n) is 6.40. The van der Waals surface area contributed by atoms with Gasteiger partial charge in [-0.2, -0.15) is 5.10 Å². The lowest BCUT2D eigenvalue weighted by atomic mass is 10.2. The molecule has 0 spiro atoms. The molecule has 2 aliphatic rings. The standard InChI is InChI=1S/C15H23N5O2/c1-17(2)10-15(22)20-7-11-12(16-18(3)13(11)9-20)8-19-6-4-5-14(19)21/h4-10H2,1-3H3. The Morgan fingerprint density at radius 2 is 2.09 bits per heavy atom. The molecule has 0 bridgehead atoms. The Bertz CT molecular complexity index is 607. The van der Waals surface area contributed by atoms with Gasteiger partial charge in [0, 0.05) is 32.1 Å². The van der Waals surface area contributed by atoms with Gasteiger partial charge in [0.1, 0.15) is 0 Å². The highest BCUT2D eigenvalue weighted by Gasteiger charge is 2.31. The van der Waals surface area contributed by atoms with E-state index in [-0.39, 0.29) is 11.8 Å². The summed E-state index contributed by atoms with van der Waals surface area (Å²) in [5.74, 6) is 0.335. The fourth-order valence-corrected chi connectivity index (χ4v) is 3.20. The molecule has 2 aliphatic heterocycles. The minimum absolute atomic E-state index is 0.129. The molecule has 7 heteroatoms. The van der Waals surface area contributed by atoms with Crippen molar-refractivity contribution in [1.29, 1.82) is 0 Å². The number of aromatic nitrogens is 2. The molecule has 22 heavy (non-hydrogen) atoms. The number of carbonyl (C=O) groups is 2. The normalized spacial score (nSPS) is 17.7. The van der Waals surface area contributed by atoms with Crippen LogP contribution in [0.25, 0.3) is 0 Å². The molecular weight excluding hydrogens is 282 g/mol. The molecule has 0 aromatic carbocycles. The molecule has 0 saturated carbocycles. The van der Waals surface area contributed by atoms with Crippen molar-refractivity contribution in [3.8, 4) is 0 Å². The lowest BCUT2D eigenvalue weighted by Gasteiger charge is -2.19. The maximum absolute atomic E-state index is 12.2. The van der Waals surface area contributed by atoms with Gasteiger partial charge in [-0.3, -0.25) is 14.3 Å². The first-order valence-electron chi connectivity index (χ1n) is 7.69. The highest BCUT2D eigenvalue weighted by molar-refractivity contribution is 5.79. The summed E-state index contributed by atoms with van der Waals surface area (Å²) in [6.07, 6.45) is 1.57. The van der Waals surface area contributed by atoms with Crippen molar-refractivity contribution in [1.82, 2.24) is 24.5 Å². The Morgan fingerprint density at radius 1 is 1.32 bits per heavy atom. The van der Waals surface area contributed by atoms with Crippen LogP contribution in [0.15, 0.2) is 0 Å². The Morgan fingerprint density at radius 3 is 2.73 bits per heavy atom. The number of likely N-dealkylation sites (N-methyl/N-ethyl adjacent to an activating group) is 1. The molecule has 0 N–H and O–H groups in total. The van der Waals surface area contributed by atoms with E-state index in [2.05, 4.69) is 5.10 Å². The Labute approximate surface area is 130 Å². The number of rotatable bonds is 4. The van der Waals surface area contributed by atoms with Gasteiger partial charge in [-0.05, 0) is 20.5 Å². The summed E-state index contributed by atoms with van der Waals surface area (Å²) in [7, 11) is 5.70. The van der Waals surface area contributed by atoms with Crippen molar-refractivity contribution in [3.63, 3.8) is 0 Å². The zero-order chi connectivity index (χ0) is 15.9. The minimum Gasteiger partial charge on any atom is -0.337 e. The van der Waals surface area contributed by atoms with Crippen molar-refractivity contribution in [3.05, 3.63) is 17.0 Å². The van der Waals surface area contributed by atoms with Crippen LogP contribution in [-0.4, -0.2) is 63.5 Å². The van der Waals surface area contributed by atoms with Crippen LogP contribution in [0.4, 0.5) is 0 Å². The van der Waals surface area contributed by atoms with Crippen molar-refractivity contribution >= 4 is 11.8 Å². The summed E-state index contributed by atoms with van der Waals surface area (Å²) in [5, 5.41) is 4.56. The van der Waals surface area contributed by atoms with E-state index >= 15 is 0 Å². The van der Waals surface area contributed by atoms with E-state index in [0.717, 1.165) is 29.9 Å². The molecule has 2 amide bonds. The molecule has 7 nitrogen and oxygen atoms in total. The van der Waals surface area contributed by atoms with Crippen LogP contribution in [0.3, 0.4) is 0 Å². The molecule has 0 atom stereocenters. The van der Waals surface area contributed by atoms with Gasteiger partial charge in [-0.1, -0.05) is 0 Å². The van der Waals surface area contributed by atoms with Gasteiger partial charge in [0.15, 0.2) is 0 Å². The number of carbonyl (C=O) groups excluding carboxylic acids is 2. The van der Waals surface area contributed by atoms with Gasteiger partial charge in [-0.15, -0.1) is 0 Å². The second-order valence-corrected chi connectivity index (χ2v) is 6.40. The van der Waals surface area contributed by atoms with Gasteiger partial charge in [0.2, 0.25) is 11.8 Å². The van der Waals surface area contributed by atoms with E-state index in [4.69, 9.17) is 0 Å². The first-order valence-corrected chi connectivity index (χ1v) is 7.69. The summed E-state index contributed by atoms with van der Waals surface area (Å²) in [5.41, 5.74) is 3.15. The first-order chi connectivity index (χ1) is 10.5. The highest BCUT2D eigenvalue weighted by atomic mass is 16.2. The lowest BCUT2D eigenvalue weighted by molar-refractivity contribution is -0.132. The van der Waals surface area contributed by atoms with E-state index in [1.54, 1.807) is 0 Å². The Hall–Kier alpha value is -1.89. The molecule has 3 rings (SSSR count). The van der Waals surface area contributed by atoms with Crippen LogP contribution in [-0.2, 0) is 36.3 Å². The van der Waals surface area contributed by atoms with E-state index in [9.17, 15) is 9.59 Å². The summed E-state index contributed by atoms with van der Waals surface area (Å²) < 4.78 is 1.86. The molecule has 1 saturated heterocycles. The van der Waals surface area contributed by atoms with E-state index in [0.29, 0.717) is 32.6 Å². The monoisotopic (exact) mass is 305 g/mol. The maximum Gasteiger partial charge on any atom is 0.237 e. The summed E-state index contributed by atoms with van der Waals surface area (Å²) >= 11 is 0. The molecule has 1 fully saturated rings. The van der Waals surface area contributed by atoms with Gasteiger partial charge in [-0.25, -0.2) is 0 Å². The molecule has 120 valence electrons. The zero-order valence-electron chi connectivity index (χ0n) is 13.5. The minimum atomic E-state index is 0.129. The molecule has 0 aliphatic carbocycles. The average molecular weight is 305 g/mol. The second kappa shape index (κ2) is 5.72. The molecular formula is C15H23N5O2. The van der Waals surface area contributed by atoms with Crippen molar-refractivity contribution < 1.29 is 9.59 Å². The van der Waals surface area contributed by atoms with Crippen LogP contribution >= 0.6 is 0 Å². The number of likely N-dealkylation sites (tertiary alicyclic amines) is 1. The lowest BCUT2D eigenvalue weighted by Crippen LogP contribution is -2.34. The van der Waals surface area contributed by atoms with Crippen LogP contribution in [0.5, 0.6) is 0 Å². The third kappa shape index (κ3) is 2.72. The molecule has 3 heterocycles. The quantitative estimate of drug-likeness (QED) is 0.782. The smallest absolute Gasteiger partial charge is 0.237 e. The van der Waals surface area contributed by atoms with Crippen molar-refractivity contribution in [2.24, 2.45) is 7.05 Å². The third-order valence-electron chi connectivity index (χ3n) is 4.36. The molecule has 1 aromatic heterocycles. The van der Waals surface area contributed by atoms with Gasteiger partial charge >= 0.3 is 0 Å². The van der Waals surface area contributed by atoms with E-state index in [1.165, 1.54) is 0 Å². The highest BCUT2D eigenvalue weighted by Crippen LogP contribution is 2.27. The maximum atomic E-state index is 12.2. The number of aryl methyl sites for hydroxylation is 1. The van der Waals surface area contributed by atoms with Crippen LogP contribution in [0.1, 0.15) is 29.8 Å². The average Bonchev–Trinajstić information content (AvgIpc) is 3.09. The fourth-order valence-electron chi connectivity index (χ4n) is 3.20. The van der Waals surface area contributed by atoms with Gasteiger partial charge in [0.05, 0.1) is 31.0 Å². The van der Waals surface area contributed by atoms with Crippen LogP contribution in [0, 0.1) is 0 Å².